The summed E-state index contributed by atoms with van der Waals surface area (Å²) >= 11 is 6.00. The van der Waals surface area contributed by atoms with Gasteiger partial charge in [0.15, 0.2) is 0 Å². The van der Waals surface area contributed by atoms with Crippen molar-refractivity contribution in [3.05, 3.63) is 82.5 Å². The van der Waals surface area contributed by atoms with Gasteiger partial charge in [-0.3, -0.25) is 9.78 Å². The average Bonchev–Trinajstić information content (AvgIpc) is 2.58. The molecule has 3 aromatic rings. The van der Waals surface area contributed by atoms with Crippen molar-refractivity contribution in [2.45, 2.75) is 13.8 Å². The highest BCUT2D eigenvalue weighted by Gasteiger charge is 2.13. The third-order valence-electron chi connectivity index (χ3n) is 3.85. The minimum Gasteiger partial charge on any atom is -0.322 e. The lowest BCUT2D eigenvalue weighted by molar-refractivity contribution is 0.102. The molecule has 0 saturated carbocycles. The van der Waals surface area contributed by atoms with Crippen molar-refractivity contribution >= 4 is 23.2 Å². The fourth-order valence-electron chi connectivity index (χ4n) is 2.49. The van der Waals surface area contributed by atoms with Crippen molar-refractivity contribution in [2.75, 3.05) is 5.32 Å². The third-order valence-corrected chi connectivity index (χ3v) is 4.08. The minimum atomic E-state index is -0.190. The van der Waals surface area contributed by atoms with E-state index in [1.54, 1.807) is 18.2 Å². The van der Waals surface area contributed by atoms with Crippen molar-refractivity contribution in [1.29, 1.82) is 0 Å². The molecule has 0 atom stereocenters. The molecule has 24 heavy (non-hydrogen) atoms. The molecule has 0 spiro atoms. The Morgan fingerprint density at radius 2 is 1.75 bits per heavy atom. The van der Waals surface area contributed by atoms with Gasteiger partial charge < -0.3 is 5.32 Å². The van der Waals surface area contributed by atoms with E-state index >= 15 is 0 Å². The van der Waals surface area contributed by atoms with Crippen LogP contribution < -0.4 is 5.32 Å². The number of nitrogens with one attached hydrogen (secondary N) is 1. The highest BCUT2D eigenvalue weighted by molar-refractivity contribution is 6.31. The van der Waals surface area contributed by atoms with Gasteiger partial charge in [-0.25, -0.2) is 0 Å². The number of anilines is 1. The van der Waals surface area contributed by atoms with Crippen LogP contribution in [0.2, 0.25) is 5.02 Å². The van der Waals surface area contributed by atoms with Crippen molar-refractivity contribution in [3.63, 3.8) is 0 Å². The van der Waals surface area contributed by atoms with Crippen LogP contribution in [0.4, 0.5) is 5.69 Å². The Morgan fingerprint density at radius 1 is 1.00 bits per heavy atom. The van der Waals surface area contributed by atoms with Crippen LogP contribution in [-0.2, 0) is 0 Å². The maximum Gasteiger partial charge on any atom is 0.257 e. The summed E-state index contributed by atoms with van der Waals surface area (Å²) in [4.78, 5) is 17.1. The number of carbonyl (C=O) groups excluding carboxylic acids is 1. The summed E-state index contributed by atoms with van der Waals surface area (Å²) in [6, 6.07) is 19.0. The Hall–Kier alpha value is -2.65. The summed E-state index contributed by atoms with van der Waals surface area (Å²) in [5, 5.41) is 3.49. The van der Waals surface area contributed by atoms with Crippen LogP contribution in [0.3, 0.4) is 0 Å². The molecule has 4 heteroatoms. The van der Waals surface area contributed by atoms with E-state index in [-0.39, 0.29) is 5.91 Å². The molecule has 2 aromatic carbocycles. The van der Waals surface area contributed by atoms with Gasteiger partial charge in [-0.1, -0.05) is 48.0 Å². The Labute approximate surface area is 146 Å². The van der Waals surface area contributed by atoms with E-state index in [0.717, 1.165) is 16.8 Å². The van der Waals surface area contributed by atoms with E-state index in [9.17, 15) is 4.79 Å². The van der Waals surface area contributed by atoms with Gasteiger partial charge >= 0.3 is 0 Å². The Morgan fingerprint density at radius 3 is 2.46 bits per heavy atom. The SMILES string of the molecule is Cc1ccc(Cl)cc1NC(=O)c1ccc(-c2ccccc2)nc1C. The standard InChI is InChI=1S/C20H17ClN2O/c1-13-8-9-16(21)12-19(13)23-20(24)17-10-11-18(22-14(17)2)15-6-4-3-5-7-15/h3-12H,1-2H3,(H,23,24). The third kappa shape index (κ3) is 3.47. The maximum atomic E-state index is 12.6. The topological polar surface area (TPSA) is 42.0 Å². The Kier molecular flexibility index (Phi) is 4.63. The predicted octanol–water partition coefficient (Wildman–Crippen LogP) is 5.27. The molecule has 0 saturated heterocycles. The largest absolute Gasteiger partial charge is 0.322 e. The number of hydrogen-bond donors (Lipinski definition) is 1. The Balaban J connectivity index is 1.87. The zero-order valence-corrected chi connectivity index (χ0v) is 14.3. The molecule has 0 aliphatic carbocycles. The Bertz CT molecular complexity index is 891. The lowest BCUT2D eigenvalue weighted by Crippen LogP contribution is -2.15. The van der Waals surface area contributed by atoms with Crippen LogP contribution in [0, 0.1) is 13.8 Å². The number of pyridine rings is 1. The molecule has 3 nitrogen and oxygen atoms in total. The van der Waals surface area contributed by atoms with Gasteiger partial charge in [-0.15, -0.1) is 0 Å². The first-order chi connectivity index (χ1) is 11.5. The van der Waals surface area contributed by atoms with E-state index in [4.69, 9.17) is 11.6 Å². The molecule has 0 unspecified atom stereocenters. The summed E-state index contributed by atoms with van der Waals surface area (Å²) in [5.41, 5.74) is 4.78. The number of halogens is 1. The summed E-state index contributed by atoms with van der Waals surface area (Å²) in [6.45, 7) is 3.77. The maximum absolute atomic E-state index is 12.6. The summed E-state index contributed by atoms with van der Waals surface area (Å²) < 4.78 is 0. The van der Waals surface area contributed by atoms with Crippen LogP contribution in [0.5, 0.6) is 0 Å². The number of rotatable bonds is 3. The quantitative estimate of drug-likeness (QED) is 0.707. The lowest BCUT2D eigenvalue weighted by Gasteiger charge is -2.11. The van der Waals surface area contributed by atoms with E-state index in [2.05, 4.69) is 10.3 Å². The average molecular weight is 337 g/mol. The molecule has 1 aromatic heterocycles. The van der Waals surface area contributed by atoms with E-state index in [1.807, 2.05) is 56.3 Å². The van der Waals surface area contributed by atoms with Gasteiger partial charge in [-0.2, -0.15) is 0 Å². The van der Waals surface area contributed by atoms with Crippen molar-refractivity contribution in [1.82, 2.24) is 4.98 Å². The summed E-state index contributed by atoms with van der Waals surface area (Å²) in [5.74, 6) is -0.190. The zero-order chi connectivity index (χ0) is 17.1. The molecule has 0 radical (unpaired) electrons. The minimum absolute atomic E-state index is 0.190. The first kappa shape index (κ1) is 16.2. The summed E-state index contributed by atoms with van der Waals surface area (Å²) in [7, 11) is 0. The zero-order valence-electron chi connectivity index (χ0n) is 13.5. The van der Waals surface area contributed by atoms with E-state index in [1.165, 1.54) is 0 Å². The highest BCUT2D eigenvalue weighted by atomic mass is 35.5. The van der Waals surface area contributed by atoms with Crippen LogP contribution in [0.25, 0.3) is 11.3 Å². The molecule has 1 amide bonds. The number of nitrogens with zero attached hydrogens (tertiary/aromatic N) is 1. The van der Waals surface area contributed by atoms with Gasteiger partial charge in [0.2, 0.25) is 0 Å². The molecule has 3 rings (SSSR count). The second-order valence-corrected chi connectivity index (χ2v) is 6.05. The molecule has 0 bridgehead atoms. The normalized spacial score (nSPS) is 10.5. The first-order valence-corrected chi connectivity index (χ1v) is 8.03. The van der Waals surface area contributed by atoms with Crippen LogP contribution >= 0.6 is 11.6 Å². The molecule has 120 valence electrons. The van der Waals surface area contributed by atoms with Crippen molar-refractivity contribution in [3.8, 4) is 11.3 Å². The summed E-state index contributed by atoms with van der Waals surface area (Å²) in [6.07, 6.45) is 0. The number of aromatic nitrogens is 1. The number of benzene rings is 2. The van der Waals surface area contributed by atoms with Crippen LogP contribution in [-0.4, -0.2) is 10.9 Å². The lowest BCUT2D eigenvalue weighted by atomic mass is 10.1. The fourth-order valence-corrected chi connectivity index (χ4v) is 2.66. The molecule has 0 aliphatic rings. The van der Waals surface area contributed by atoms with Crippen LogP contribution in [0.1, 0.15) is 21.6 Å². The molecule has 0 fully saturated rings. The number of hydrogen-bond acceptors (Lipinski definition) is 2. The molecule has 1 N–H and O–H groups in total. The van der Waals surface area contributed by atoms with Crippen molar-refractivity contribution in [2.24, 2.45) is 0 Å². The molecular weight excluding hydrogens is 320 g/mol. The van der Waals surface area contributed by atoms with Crippen molar-refractivity contribution < 1.29 is 4.79 Å². The molecule has 0 aliphatic heterocycles. The van der Waals surface area contributed by atoms with Gasteiger partial charge in [0, 0.05) is 16.3 Å². The molecular formula is C20H17ClN2O. The van der Waals surface area contributed by atoms with Gasteiger partial charge in [0.25, 0.3) is 5.91 Å². The van der Waals surface area contributed by atoms with Gasteiger partial charge in [-0.05, 0) is 43.7 Å². The highest BCUT2D eigenvalue weighted by Crippen LogP contribution is 2.22. The second-order valence-electron chi connectivity index (χ2n) is 5.61. The smallest absolute Gasteiger partial charge is 0.257 e. The van der Waals surface area contributed by atoms with E-state index in [0.29, 0.717) is 22.0 Å². The monoisotopic (exact) mass is 336 g/mol. The first-order valence-electron chi connectivity index (χ1n) is 7.65. The number of carbonyl (C=O) groups is 1. The van der Waals surface area contributed by atoms with Gasteiger partial charge in [0.1, 0.15) is 0 Å². The predicted molar refractivity (Wildman–Crippen MR) is 98.6 cm³/mol. The number of amides is 1. The number of aryl methyl sites for hydroxylation is 2. The fraction of sp³-hybridized carbons (Fsp3) is 0.100. The van der Waals surface area contributed by atoms with Crippen LogP contribution in [0.15, 0.2) is 60.7 Å². The van der Waals surface area contributed by atoms with E-state index < -0.39 is 0 Å². The second kappa shape index (κ2) is 6.85. The molecule has 1 heterocycles. The van der Waals surface area contributed by atoms with Gasteiger partial charge in [0.05, 0.1) is 17.0 Å².